The average Bonchev–Trinajstić information content (AvgIpc) is 1.64. The van der Waals surface area contributed by atoms with Crippen molar-refractivity contribution in [2.45, 2.75) is 0 Å². The van der Waals surface area contributed by atoms with Gasteiger partial charge in [0.1, 0.15) is 0 Å². The van der Waals surface area contributed by atoms with E-state index in [0.29, 0.717) is 7.88 Å². The van der Waals surface area contributed by atoms with Crippen LogP contribution in [0.3, 0.4) is 0 Å². The lowest BCUT2D eigenvalue weighted by atomic mass is 11.1. The molecule has 0 aromatic rings. The minimum absolute atomic E-state index is 0.191. The summed E-state index contributed by atoms with van der Waals surface area (Å²) in [6, 6.07) is 0. The molecule has 0 fully saturated rings. The second kappa shape index (κ2) is 4.52. The van der Waals surface area contributed by atoms with E-state index >= 15 is 0 Å². The smallest absolute Gasteiger partial charge is 0.156 e. The highest BCUT2D eigenvalue weighted by Gasteiger charge is 2.11. The van der Waals surface area contributed by atoms with Gasteiger partial charge in [-0.25, -0.2) is 0 Å². The average molecular weight is 231 g/mol. The first kappa shape index (κ1) is 9.72. The van der Waals surface area contributed by atoms with Crippen LogP contribution in [0.15, 0.2) is 4.51 Å². The van der Waals surface area contributed by atoms with Crippen LogP contribution in [-0.2, 0) is 0 Å². The van der Waals surface area contributed by atoms with Crippen molar-refractivity contribution in [1.82, 2.24) is 7.88 Å². The quantitative estimate of drug-likeness (QED) is 0.362. The summed E-state index contributed by atoms with van der Waals surface area (Å²) in [5.74, 6) is -0.191. The molecule has 8 heteroatoms. The van der Waals surface area contributed by atoms with Gasteiger partial charge in [-0.2, -0.15) is 7.88 Å². The molecule has 0 saturated carbocycles. The molecule has 0 aliphatic carbocycles. The number of nitrogens with zero attached hydrogens (tertiary/aromatic N) is 3. The molecule has 0 atom stereocenters. The summed E-state index contributed by atoms with van der Waals surface area (Å²) in [7, 11) is 0. The van der Waals surface area contributed by atoms with E-state index in [1.165, 1.54) is 0 Å². The number of hydrogen-bond donors (Lipinski definition) is 0. The van der Waals surface area contributed by atoms with Crippen molar-refractivity contribution in [3.05, 3.63) is 0 Å². The van der Waals surface area contributed by atoms with Gasteiger partial charge in [0.2, 0.25) is 0 Å². The molecule has 0 radical (unpaired) electrons. The molecule has 3 nitrogen and oxygen atoms in total. The maximum Gasteiger partial charge on any atom is 0.274 e. The summed E-state index contributed by atoms with van der Waals surface area (Å²) in [5, 5.41) is 0. The van der Waals surface area contributed by atoms with Gasteiger partial charge in [-0.1, -0.05) is 0 Å². The molecule has 0 aliphatic heterocycles. The van der Waals surface area contributed by atoms with Crippen molar-refractivity contribution in [2.75, 3.05) is 0 Å². The largest absolute Gasteiger partial charge is 0.274 e. The highest BCUT2D eigenvalue weighted by atomic mass is 35.5. The van der Waals surface area contributed by atoms with Gasteiger partial charge in [0.25, 0.3) is 5.96 Å². The van der Waals surface area contributed by atoms with Crippen LogP contribution in [0.25, 0.3) is 0 Å². The van der Waals surface area contributed by atoms with Crippen molar-refractivity contribution >= 4 is 64.8 Å². The molecule has 0 saturated heterocycles. The summed E-state index contributed by atoms with van der Waals surface area (Å²) in [4.78, 5) is 0. The molecule has 0 bridgehead atoms. The number of guanidine groups is 1. The topological polar surface area (TPSA) is 18.8 Å². The van der Waals surface area contributed by atoms with Crippen LogP contribution in [0.5, 0.6) is 0 Å². The van der Waals surface area contributed by atoms with E-state index < -0.39 is 0 Å². The van der Waals surface area contributed by atoms with Gasteiger partial charge >= 0.3 is 0 Å². The monoisotopic (exact) mass is 229 g/mol. The molecule has 54 valence electrons. The first-order chi connectivity index (χ1) is 4.09. The second-order valence-corrected chi connectivity index (χ2v) is 2.72. The minimum Gasteiger partial charge on any atom is -0.156 e. The summed E-state index contributed by atoms with van der Waals surface area (Å²) < 4.78 is 4.04. The summed E-state index contributed by atoms with van der Waals surface area (Å²) in [5.41, 5.74) is 0. The second-order valence-electron chi connectivity index (χ2n) is 0.850. The van der Waals surface area contributed by atoms with Gasteiger partial charge in [0, 0.05) is 58.9 Å². The van der Waals surface area contributed by atoms with Crippen molar-refractivity contribution in [2.24, 2.45) is 4.51 Å². The third-order valence-electron chi connectivity index (χ3n) is 0.378. The summed E-state index contributed by atoms with van der Waals surface area (Å²) in [6.07, 6.45) is 0. The highest BCUT2D eigenvalue weighted by molar-refractivity contribution is 6.50. The molecule has 0 N–H and O–H groups in total. The van der Waals surface area contributed by atoms with Crippen LogP contribution in [0.1, 0.15) is 0 Å². The van der Waals surface area contributed by atoms with Crippen LogP contribution < -0.4 is 0 Å². The van der Waals surface area contributed by atoms with E-state index in [4.69, 9.17) is 58.9 Å². The Kier molecular flexibility index (Phi) is 4.88. The Morgan fingerprint density at radius 2 is 1.33 bits per heavy atom. The van der Waals surface area contributed by atoms with E-state index in [2.05, 4.69) is 4.51 Å². The normalized spacial score (nSPS) is 8.56. The van der Waals surface area contributed by atoms with Gasteiger partial charge in [0.15, 0.2) is 0 Å². The lowest BCUT2D eigenvalue weighted by Gasteiger charge is -2.09. The number of hydrogen-bond acceptors (Lipinski definition) is 1. The lowest BCUT2D eigenvalue weighted by molar-refractivity contribution is 0.900. The van der Waals surface area contributed by atoms with Crippen molar-refractivity contribution in [3.63, 3.8) is 0 Å². The van der Waals surface area contributed by atoms with Crippen molar-refractivity contribution in [3.8, 4) is 0 Å². The van der Waals surface area contributed by atoms with Crippen LogP contribution >= 0.6 is 58.9 Å². The molecule has 9 heavy (non-hydrogen) atoms. The van der Waals surface area contributed by atoms with Crippen LogP contribution in [0.4, 0.5) is 0 Å². The lowest BCUT2D eigenvalue weighted by Crippen LogP contribution is -2.20. The summed E-state index contributed by atoms with van der Waals surface area (Å²) >= 11 is 25.4. The highest BCUT2D eigenvalue weighted by Crippen LogP contribution is 2.11. The Morgan fingerprint density at radius 3 is 1.33 bits per heavy atom. The minimum atomic E-state index is -0.191. The molecule has 0 aromatic carbocycles. The third kappa shape index (κ3) is 3.43. The fourth-order valence-corrected chi connectivity index (χ4v) is 1.03. The van der Waals surface area contributed by atoms with Gasteiger partial charge in [-0.05, 0) is 0 Å². The van der Waals surface area contributed by atoms with E-state index in [1.54, 1.807) is 0 Å². The third-order valence-corrected chi connectivity index (χ3v) is 1.13. The SMILES string of the molecule is ClN=C(N(Cl)Cl)N(Cl)Cl. The van der Waals surface area contributed by atoms with E-state index in [9.17, 15) is 0 Å². The van der Waals surface area contributed by atoms with Crippen LogP contribution in [-0.4, -0.2) is 13.8 Å². The zero-order chi connectivity index (χ0) is 7.44. The summed E-state index contributed by atoms with van der Waals surface area (Å²) in [6.45, 7) is 0. The molecule has 0 heterocycles. The zero-order valence-corrected chi connectivity index (χ0v) is 7.51. The van der Waals surface area contributed by atoms with Gasteiger partial charge in [-0.15, -0.1) is 4.51 Å². The fourth-order valence-electron chi connectivity index (χ4n) is 0.114. The molecule has 0 rings (SSSR count). The van der Waals surface area contributed by atoms with E-state index in [0.717, 1.165) is 0 Å². The van der Waals surface area contributed by atoms with Crippen molar-refractivity contribution in [1.29, 1.82) is 0 Å². The Bertz CT molecular complexity index is 98.8. The maximum atomic E-state index is 5.11. The molecule has 0 amide bonds. The Hall–Kier alpha value is 0.720. The van der Waals surface area contributed by atoms with Crippen molar-refractivity contribution < 1.29 is 0 Å². The molecule has 0 aromatic heterocycles. The molecular weight excluding hydrogens is 231 g/mol. The zero-order valence-electron chi connectivity index (χ0n) is 3.73. The van der Waals surface area contributed by atoms with Crippen LogP contribution in [0.2, 0.25) is 0 Å². The van der Waals surface area contributed by atoms with E-state index in [-0.39, 0.29) is 5.96 Å². The molecule has 0 spiro atoms. The maximum absolute atomic E-state index is 5.11. The Balaban J connectivity index is 4.01. The van der Waals surface area contributed by atoms with Gasteiger partial charge in [0.05, 0.1) is 0 Å². The number of halogens is 5. The first-order valence-corrected chi connectivity index (χ1v) is 3.21. The van der Waals surface area contributed by atoms with Crippen LogP contribution in [0, 0.1) is 0 Å². The van der Waals surface area contributed by atoms with Gasteiger partial charge in [-0.3, -0.25) is 0 Å². The van der Waals surface area contributed by atoms with Gasteiger partial charge < -0.3 is 0 Å². The fraction of sp³-hybridized carbons (Fsp3) is 0. The molecule has 0 aliphatic rings. The Morgan fingerprint density at radius 1 is 1.00 bits per heavy atom. The standard InChI is InChI=1S/CCl5N3/c2-7-1(8(3)4)9(5)6. The Labute approximate surface area is 77.2 Å². The first-order valence-electron chi connectivity index (χ1n) is 1.52. The number of rotatable bonds is 0. The predicted molar refractivity (Wildman–Crippen MR) is 40.4 cm³/mol. The predicted octanol–water partition coefficient (Wildman–Crippen LogP) is 2.72. The molecule has 0 unspecified atom stereocenters. The molecular formula is CCl5N3. The van der Waals surface area contributed by atoms with E-state index in [1.807, 2.05) is 0 Å².